The van der Waals surface area contributed by atoms with Gasteiger partial charge in [-0.2, -0.15) is 0 Å². The fraction of sp³-hybridized carbons (Fsp3) is 0.346. The van der Waals surface area contributed by atoms with Crippen LogP contribution in [-0.2, 0) is 6.42 Å². The molecule has 0 radical (unpaired) electrons. The molecule has 0 bridgehead atoms. The molecule has 0 amide bonds. The maximum Gasteiger partial charge on any atom is 0.128 e. The first-order valence-electron chi connectivity index (χ1n) is 11.4. The summed E-state index contributed by atoms with van der Waals surface area (Å²) in [6, 6.07) is 12.7. The highest BCUT2D eigenvalue weighted by Crippen LogP contribution is 2.29. The molecule has 1 fully saturated rings. The van der Waals surface area contributed by atoms with Crippen LogP contribution in [0.15, 0.2) is 55.4 Å². The molecular weight excluding hydrogens is 428 g/mol. The molecule has 7 heteroatoms. The van der Waals surface area contributed by atoms with Crippen LogP contribution in [-0.4, -0.2) is 59.7 Å². The Morgan fingerprint density at radius 3 is 2.70 bits per heavy atom. The van der Waals surface area contributed by atoms with Crippen molar-refractivity contribution < 1.29 is 0 Å². The standard InChI is InChI=1S/C26H32N6S/c1-19(33-20(2)27)22-6-7-23-18-30-25(17-24(23)16-22)28-9-4-5-21-8-10-29-26(15-21)32-13-11-31(3)12-14-32/h6-8,10,15-18,27H,1,4-5,9,11-14H2,2-3H3,(H,28,30). The molecule has 1 saturated heterocycles. The van der Waals surface area contributed by atoms with Gasteiger partial charge in [0, 0.05) is 55.4 Å². The van der Waals surface area contributed by atoms with Crippen LogP contribution in [0, 0.1) is 5.41 Å². The Kier molecular flexibility index (Phi) is 7.62. The molecule has 0 spiro atoms. The first-order valence-corrected chi connectivity index (χ1v) is 12.2. The molecule has 6 nitrogen and oxygen atoms in total. The number of hydrogen-bond donors (Lipinski definition) is 2. The Labute approximate surface area is 200 Å². The molecule has 172 valence electrons. The van der Waals surface area contributed by atoms with Crippen LogP contribution in [0.5, 0.6) is 0 Å². The number of aryl methyl sites for hydroxylation is 1. The summed E-state index contributed by atoms with van der Waals surface area (Å²) in [5.41, 5.74) is 2.37. The summed E-state index contributed by atoms with van der Waals surface area (Å²) in [5, 5.41) is 13.9. The number of anilines is 2. The Hall–Kier alpha value is -2.90. The van der Waals surface area contributed by atoms with Gasteiger partial charge >= 0.3 is 0 Å². The Balaban J connectivity index is 1.32. The van der Waals surface area contributed by atoms with Crippen molar-refractivity contribution in [2.75, 3.05) is 50.0 Å². The molecule has 3 heterocycles. The van der Waals surface area contributed by atoms with Crippen molar-refractivity contribution in [2.45, 2.75) is 19.8 Å². The van der Waals surface area contributed by atoms with E-state index in [-0.39, 0.29) is 0 Å². The molecule has 0 saturated carbocycles. The minimum absolute atomic E-state index is 0.544. The SMILES string of the molecule is C=C(SC(C)=N)c1ccc2cnc(NCCCc3ccnc(N4CCN(C)CC4)c3)cc2c1. The molecule has 0 aliphatic carbocycles. The highest BCUT2D eigenvalue weighted by Gasteiger charge is 2.15. The van der Waals surface area contributed by atoms with E-state index < -0.39 is 0 Å². The zero-order valence-corrected chi connectivity index (χ0v) is 20.3. The molecule has 0 atom stereocenters. The summed E-state index contributed by atoms with van der Waals surface area (Å²) >= 11 is 1.39. The first kappa shape index (κ1) is 23.3. The molecule has 2 aromatic heterocycles. The predicted molar refractivity (Wildman–Crippen MR) is 143 cm³/mol. The number of likely N-dealkylation sites (N-methyl/N-ethyl adjacent to an activating group) is 1. The van der Waals surface area contributed by atoms with Crippen LogP contribution in [0.4, 0.5) is 11.6 Å². The normalized spacial score (nSPS) is 14.4. The van der Waals surface area contributed by atoms with E-state index in [0.717, 1.165) is 78.4 Å². The van der Waals surface area contributed by atoms with Crippen molar-refractivity contribution >= 4 is 44.1 Å². The van der Waals surface area contributed by atoms with Gasteiger partial charge < -0.3 is 15.1 Å². The maximum atomic E-state index is 7.67. The average molecular weight is 461 g/mol. The van der Waals surface area contributed by atoms with E-state index in [2.05, 4.69) is 69.0 Å². The highest BCUT2D eigenvalue weighted by molar-refractivity contribution is 8.21. The van der Waals surface area contributed by atoms with Gasteiger partial charge in [-0.05, 0) is 67.6 Å². The van der Waals surface area contributed by atoms with E-state index in [0.29, 0.717) is 5.04 Å². The van der Waals surface area contributed by atoms with Crippen LogP contribution >= 0.6 is 11.8 Å². The van der Waals surface area contributed by atoms with Gasteiger partial charge in [0.1, 0.15) is 11.6 Å². The van der Waals surface area contributed by atoms with Crippen molar-refractivity contribution in [2.24, 2.45) is 0 Å². The zero-order valence-electron chi connectivity index (χ0n) is 19.5. The molecular formula is C26H32N6S. The van der Waals surface area contributed by atoms with Crippen LogP contribution < -0.4 is 10.2 Å². The number of pyridine rings is 2. The van der Waals surface area contributed by atoms with Gasteiger partial charge in [0.15, 0.2) is 0 Å². The number of piperazine rings is 1. The molecule has 33 heavy (non-hydrogen) atoms. The van der Waals surface area contributed by atoms with Crippen molar-refractivity contribution in [3.63, 3.8) is 0 Å². The first-order chi connectivity index (χ1) is 16.0. The molecule has 1 aliphatic heterocycles. The minimum Gasteiger partial charge on any atom is -0.370 e. The summed E-state index contributed by atoms with van der Waals surface area (Å²) in [6.45, 7) is 11.0. The van der Waals surface area contributed by atoms with Gasteiger partial charge in [-0.15, -0.1) is 0 Å². The van der Waals surface area contributed by atoms with Crippen molar-refractivity contribution in [3.8, 4) is 0 Å². The monoisotopic (exact) mass is 460 g/mol. The van der Waals surface area contributed by atoms with E-state index in [1.807, 2.05) is 18.5 Å². The number of thioether (sulfide) groups is 1. The molecule has 1 aliphatic rings. The number of aromatic nitrogens is 2. The summed E-state index contributed by atoms with van der Waals surface area (Å²) < 4.78 is 0. The van der Waals surface area contributed by atoms with Crippen molar-refractivity contribution in [3.05, 3.63) is 66.5 Å². The lowest BCUT2D eigenvalue weighted by Crippen LogP contribution is -2.44. The third-order valence-corrected chi connectivity index (χ3v) is 6.69. The second-order valence-electron chi connectivity index (χ2n) is 8.56. The highest BCUT2D eigenvalue weighted by atomic mass is 32.2. The lowest BCUT2D eigenvalue weighted by Gasteiger charge is -2.33. The maximum absolute atomic E-state index is 7.67. The number of hydrogen-bond acceptors (Lipinski definition) is 7. The van der Waals surface area contributed by atoms with E-state index in [1.54, 1.807) is 6.92 Å². The fourth-order valence-corrected chi connectivity index (χ4v) is 4.60. The molecule has 2 N–H and O–H groups in total. The molecule has 1 aromatic carbocycles. The molecule has 3 aromatic rings. The van der Waals surface area contributed by atoms with Gasteiger partial charge in [0.2, 0.25) is 0 Å². The largest absolute Gasteiger partial charge is 0.370 e. The molecule has 4 rings (SSSR count). The number of nitrogens with zero attached hydrogens (tertiary/aromatic N) is 4. The third kappa shape index (κ3) is 6.33. The zero-order chi connectivity index (χ0) is 23.2. The summed E-state index contributed by atoms with van der Waals surface area (Å²) in [4.78, 5) is 14.8. The van der Waals surface area contributed by atoms with Crippen molar-refractivity contribution in [1.82, 2.24) is 14.9 Å². The second kappa shape index (κ2) is 10.8. The van der Waals surface area contributed by atoms with E-state index in [1.165, 1.54) is 17.3 Å². The van der Waals surface area contributed by atoms with Gasteiger partial charge in [-0.1, -0.05) is 30.5 Å². The lowest BCUT2D eigenvalue weighted by atomic mass is 10.1. The second-order valence-corrected chi connectivity index (χ2v) is 9.87. The van der Waals surface area contributed by atoms with E-state index >= 15 is 0 Å². The topological polar surface area (TPSA) is 68.1 Å². The predicted octanol–water partition coefficient (Wildman–Crippen LogP) is 5.13. The van der Waals surface area contributed by atoms with Crippen LogP contribution in [0.3, 0.4) is 0 Å². The fourth-order valence-electron chi connectivity index (χ4n) is 3.99. The van der Waals surface area contributed by atoms with Gasteiger partial charge in [-0.25, -0.2) is 9.97 Å². The lowest BCUT2D eigenvalue weighted by molar-refractivity contribution is 0.312. The minimum atomic E-state index is 0.544. The van der Waals surface area contributed by atoms with E-state index in [9.17, 15) is 0 Å². The van der Waals surface area contributed by atoms with Crippen LogP contribution in [0.1, 0.15) is 24.5 Å². The van der Waals surface area contributed by atoms with Gasteiger partial charge in [0.05, 0.1) is 5.04 Å². The van der Waals surface area contributed by atoms with E-state index in [4.69, 9.17) is 5.41 Å². The summed E-state index contributed by atoms with van der Waals surface area (Å²) in [5.74, 6) is 1.98. The molecule has 0 unspecified atom stereocenters. The van der Waals surface area contributed by atoms with Crippen LogP contribution in [0.25, 0.3) is 15.7 Å². The van der Waals surface area contributed by atoms with Gasteiger partial charge in [0.25, 0.3) is 0 Å². The number of fused-ring (bicyclic) bond motifs is 1. The third-order valence-electron chi connectivity index (χ3n) is 5.91. The summed E-state index contributed by atoms with van der Waals surface area (Å²) in [7, 11) is 2.17. The van der Waals surface area contributed by atoms with Crippen LogP contribution in [0.2, 0.25) is 0 Å². The average Bonchev–Trinajstić information content (AvgIpc) is 2.81. The number of nitrogens with one attached hydrogen (secondary N) is 2. The summed E-state index contributed by atoms with van der Waals surface area (Å²) in [6.07, 6.45) is 5.88. The van der Waals surface area contributed by atoms with Gasteiger partial charge in [-0.3, -0.25) is 5.41 Å². The Morgan fingerprint density at radius 2 is 1.91 bits per heavy atom. The quantitative estimate of drug-likeness (QED) is 0.276. The Morgan fingerprint density at radius 1 is 1.09 bits per heavy atom. The Bertz CT molecular complexity index is 1140. The number of rotatable bonds is 8. The van der Waals surface area contributed by atoms with Crippen molar-refractivity contribution in [1.29, 1.82) is 5.41 Å². The number of benzene rings is 1. The smallest absolute Gasteiger partial charge is 0.128 e.